The maximum atomic E-state index is 13.3. The van der Waals surface area contributed by atoms with Crippen LogP contribution in [0.3, 0.4) is 0 Å². The topological polar surface area (TPSA) is 210 Å². The quantitative estimate of drug-likeness (QED) is 0.0270. The summed E-state index contributed by atoms with van der Waals surface area (Å²) in [5.41, 5.74) is -2.57. The van der Waals surface area contributed by atoms with E-state index in [1.165, 1.54) is 68.1 Å². The van der Waals surface area contributed by atoms with Gasteiger partial charge in [0.25, 0.3) is 0 Å². The molecule has 0 spiro atoms. The fourth-order valence-corrected chi connectivity index (χ4v) is 20.9. The average molecular weight is 1800 g/mol. The molecule has 0 radical (unpaired) electrons. The number of phenols is 1. The van der Waals surface area contributed by atoms with Gasteiger partial charge in [0.15, 0.2) is 14.3 Å². The Kier molecular flexibility index (Phi) is 31.9. The number of hydrogen-bond acceptors (Lipinski definition) is 14. The Morgan fingerprint density at radius 3 is 1.68 bits per heavy atom. The minimum absolute atomic E-state index is 0.00100. The zero-order chi connectivity index (χ0) is 74.9. The molecule has 5 aromatic carbocycles. The van der Waals surface area contributed by atoms with Gasteiger partial charge in [-0.3, -0.25) is 19.2 Å². The normalized spacial score (nSPS) is 20.7. The van der Waals surface area contributed by atoms with Crippen molar-refractivity contribution in [3.8, 4) is 16.4 Å². The molecule has 6 aromatic rings. The lowest BCUT2D eigenvalue weighted by Crippen LogP contribution is -3.14. The molecular formula is C78H103F3I3NO13S3. The highest BCUT2D eigenvalue weighted by molar-refractivity contribution is 14.1. The number of ether oxygens (including phenoxy) is 4. The lowest BCUT2D eigenvalue weighted by Gasteiger charge is -2.60. The van der Waals surface area contributed by atoms with E-state index in [-0.39, 0.29) is 62.8 Å². The summed E-state index contributed by atoms with van der Waals surface area (Å²) in [6.07, 6.45) is 2.07. The van der Waals surface area contributed by atoms with Crippen LogP contribution in [0.1, 0.15) is 184 Å². The van der Waals surface area contributed by atoms with Crippen LogP contribution < -0.4 is 10.0 Å². The largest absolute Gasteiger partial charge is 0.871 e. The Balaban J connectivity index is 0.000000200. The summed E-state index contributed by atoms with van der Waals surface area (Å²) >= 11 is 8.32. The number of carbonyl (C=O) groups excluding carboxylic acids is 4. The van der Waals surface area contributed by atoms with Gasteiger partial charge in [-0.2, -0.15) is 24.9 Å². The summed E-state index contributed by atoms with van der Waals surface area (Å²) in [6.45, 7) is 27.5. The number of alkyl halides is 3. The number of carbonyl (C=O) groups is 4. The molecule has 0 amide bonds. The number of fused-ring (bicyclic) bond motifs is 3. The molecule has 6 fully saturated rings. The predicted molar refractivity (Wildman–Crippen MR) is 422 cm³/mol. The van der Waals surface area contributed by atoms with E-state index in [9.17, 15) is 50.4 Å². The van der Waals surface area contributed by atoms with Gasteiger partial charge in [-0.05, 0) is 284 Å². The van der Waals surface area contributed by atoms with Gasteiger partial charge in [-0.1, -0.05) is 95.0 Å². The van der Waals surface area contributed by atoms with E-state index >= 15 is 0 Å². The van der Waals surface area contributed by atoms with Crippen LogP contribution in [0.15, 0.2) is 115 Å². The molecule has 5 saturated carbocycles. The first-order valence-electron chi connectivity index (χ1n) is 35.1. The van der Waals surface area contributed by atoms with Crippen LogP contribution >= 0.6 is 90.0 Å². The lowest BCUT2D eigenvalue weighted by molar-refractivity contribution is -0.896. The van der Waals surface area contributed by atoms with Crippen molar-refractivity contribution >= 4 is 144 Å². The van der Waals surface area contributed by atoms with Gasteiger partial charge in [0.1, 0.15) is 30.1 Å². The number of nitrogens with one attached hydrogen (secondary N) is 1. The Hall–Kier alpha value is -4.00. The van der Waals surface area contributed by atoms with E-state index in [1.807, 2.05) is 90.6 Å². The molecule has 4 bridgehead atoms. The summed E-state index contributed by atoms with van der Waals surface area (Å²) in [6, 6.07) is 39.6. The second-order valence-electron chi connectivity index (χ2n) is 29.7. The van der Waals surface area contributed by atoms with Crippen molar-refractivity contribution in [3.05, 3.63) is 132 Å². The number of rotatable bonds is 18. The highest BCUT2D eigenvalue weighted by atomic mass is 127. The fraction of sp³-hybridized carbons (Fsp3) is 0.564. The molecular weight excluding hydrogens is 1690 g/mol. The number of phenolic OH excluding ortho intramolecular Hbond substituents is 1. The van der Waals surface area contributed by atoms with Gasteiger partial charge in [0.05, 0.1) is 50.6 Å². The molecule has 12 rings (SSSR count). The van der Waals surface area contributed by atoms with E-state index in [1.54, 1.807) is 24.8 Å². The Morgan fingerprint density at radius 2 is 1.20 bits per heavy atom. The number of esters is 4. The number of thioether (sulfide) groups is 1. The first kappa shape index (κ1) is 85.9. The van der Waals surface area contributed by atoms with Gasteiger partial charge in [-0.25, -0.2) is 8.42 Å². The monoisotopic (exact) mass is 1800 g/mol. The maximum Gasteiger partial charge on any atom is 0.426 e. The van der Waals surface area contributed by atoms with Crippen LogP contribution in [-0.4, -0.2) is 109 Å². The second-order valence-corrected chi connectivity index (χ2v) is 37.9. The van der Waals surface area contributed by atoms with Crippen molar-refractivity contribution in [3.63, 3.8) is 0 Å². The maximum absolute atomic E-state index is 13.3. The van der Waals surface area contributed by atoms with Gasteiger partial charge in [0.2, 0.25) is 6.10 Å². The molecule has 1 aliphatic heterocycles. The number of thiophene rings is 1. The third-order valence-electron chi connectivity index (χ3n) is 20.4. The zero-order valence-electron chi connectivity index (χ0n) is 60.5. The minimum Gasteiger partial charge on any atom is -0.871 e. The fourth-order valence-electron chi connectivity index (χ4n) is 13.2. The van der Waals surface area contributed by atoms with E-state index in [0.29, 0.717) is 50.4 Å². The first-order valence-corrected chi connectivity index (χ1v) is 42.3. The third-order valence-corrected chi connectivity index (χ3v) is 26.7. The third kappa shape index (κ3) is 24.8. The van der Waals surface area contributed by atoms with Crippen LogP contribution in [0, 0.1) is 44.2 Å². The average Bonchev–Trinajstić information content (AvgIpc) is 1.23. The van der Waals surface area contributed by atoms with Crippen molar-refractivity contribution in [2.45, 2.75) is 202 Å². The van der Waals surface area contributed by atoms with Crippen molar-refractivity contribution in [1.82, 2.24) is 0 Å². The molecule has 4 unspecified atom stereocenters. The minimum atomic E-state index is -5.27. The van der Waals surface area contributed by atoms with Crippen molar-refractivity contribution in [2.24, 2.45) is 33.5 Å². The summed E-state index contributed by atoms with van der Waals surface area (Å²) in [4.78, 5) is 52.2. The molecule has 23 heteroatoms. The lowest BCUT2D eigenvalue weighted by atomic mass is 9.48. The Bertz CT molecular complexity index is 3740. The summed E-state index contributed by atoms with van der Waals surface area (Å²) in [5.74, 6) is -0.00734. The molecule has 4 atom stereocenters. The van der Waals surface area contributed by atoms with E-state index < -0.39 is 56.5 Å². The van der Waals surface area contributed by atoms with Gasteiger partial charge in [0, 0.05) is 49.9 Å². The van der Waals surface area contributed by atoms with Crippen LogP contribution in [-0.2, 0) is 48.2 Å². The van der Waals surface area contributed by atoms with Crippen LogP contribution in [0.5, 0.6) is 11.5 Å². The van der Waals surface area contributed by atoms with Gasteiger partial charge in [-0.15, -0.1) is 0 Å². The van der Waals surface area contributed by atoms with Crippen molar-refractivity contribution < 1.29 is 79.4 Å². The molecule has 2 heterocycles. The number of benzene rings is 5. The Labute approximate surface area is 645 Å². The SMILES string of the molecule is CCC(C)(C)C(=O)OC1(C)CCCC1.CCC(C)(C)C(=O)OC12CC3CC(C1)CC(C(=O)OC(CS(=O)(=O)[O-])C(F)(F)F)(C3)C2.CCC(C)(C)C(=O)OCC[NH+]1CCSCC1.CCC(C)c1cccc(O)c1.[O-]c1c(I)cc(I)cc1I.c1ccc(-[s+]2c3ccccc3c3ccccc32)cc1. The number of quaternary nitrogens is 1. The molecule has 2 N–H and O–H groups in total. The molecule has 101 heavy (non-hydrogen) atoms. The standard InChI is InChI=1S/C20H29F3O7S.C18H13S.C12H23NO2S.C12H22O2.C10H14O.C6H3I3O/c1-4-17(2,3)15(24)30-19-8-12-5-13(9-19)7-18(6-12,11-19)16(25)29-14(20(21,22)23)10-31(26,27)28;1-2-8-14(9-3-1)19-17-12-6-4-10-15(17)16-11-5-7-13-18(16)19;1-4-12(2,3)11(14)15-8-5-13-6-9-16-10-7-13;1-5-11(2,3)10(13)14-12(4)8-6-7-9-12;1-3-8(2)9-5-4-6-10(11)7-9;7-3-1-4(8)6(10)5(9)2-3/h12-14H,4-11H2,1-3H3,(H,26,27,28);1-13H;4-10H2,1-3H3;5-9H2,1-4H3;4-8,11H,3H2,1-2H3;1-2,10H/q;+1;;;;/p-1. The second kappa shape index (κ2) is 37.5. The van der Waals surface area contributed by atoms with Crippen molar-refractivity contribution in [2.75, 3.05) is 43.5 Å². The van der Waals surface area contributed by atoms with E-state index in [0.717, 1.165) is 55.8 Å². The first-order chi connectivity index (χ1) is 47.2. The molecule has 1 saturated heterocycles. The molecule has 558 valence electrons. The molecule has 5 aliphatic carbocycles. The van der Waals surface area contributed by atoms with Gasteiger partial charge >= 0.3 is 30.1 Å². The van der Waals surface area contributed by atoms with E-state index in [4.69, 9.17) is 19.3 Å². The number of hydrogen-bond donors (Lipinski definition) is 2. The molecule has 14 nitrogen and oxygen atoms in total. The van der Waals surface area contributed by atoms with Crippen LogP contribution in [0.25, 0.3) is 25.1 Å². The molecule has 6 aliphatic rings. The van der Waals surface area contributed by atoms with Crippen molar-refractivity contribution in [1.29, 1.82) is 0 Å². The van der Waals surface area contributed by atoms with E-state index in [2.05, 4.69) is 172 Å². The summed E-state index contributed by atoms with van der Waals surface area (Å²) in [7, 11) is -5.21. The molecule has 1 aromatic heterocycles. The highest BCUT2D eigenvalue weighted by Gasteiger charge is 2.64. The Morgan fingerprint density at radius 1 is 0.703 bits per heavy atom. The smallest absolute Gasteiger partial charge is 0.426 e. The highest BCUT2D eigenvalue weighted by Crippen LogP contribution is 2.64. The summed E-state index contributed by atoms with van der Waals surface area (Å²) in [5, 5.41) is 23.0. The van der Waals surface area contributed by atoms with Crippen LogP contribution in [0.2, 0.25) is 0 Å². The number of halogens is 6. The number of aromatic hydroxyl groups is 1. The van der Waals surface area contributed by atoms with Gasteiger partial charge < -0.3 is 38.6 Å². The predicted octanol–water partition coefficient (Wildman–Crippen LogP) is 18.4. The summed E-state index contributed by atoms with van der Waals surface area (Å²) < 4.78 is 99.6. The van der Waals surface area contributed by atoms with Crippen LogP contribution in [0.4, 0.5) is 13.2 Å². The zero-order valence-corrected chi connectivity index (χ0v) is 69.4.